The van der Waals surface area contributed by atoms with Crippen molar-refractivity contribution in [1.29, 1.82) is 0 Å². The van der Waals surface area contributed by atoms with Gasteiger partial charge in [0.1, 0.15) is 11.4 Å². The summed E-state index contributed by atoms with van der Waals surface area (Å²) in [6.07, 6.45) is 1.64. The number of aromatic nitrogens is 2. The quantitative estimate of drug-likeness (QED) is 0.816. The van der Waals surface area contributed by atoms with Gasteiger partial charge >= 0.3 is 0 Å². The van der Waals surface area contributed by atoms with Gasteiger partial charge in [0.15, 0.2) is 0 Å². The van der Waals surface area contributed by atoms with Crippen LogP contribution in [0.5, 0.6) is 5.75 Å². The van der Waals surface area contributed by atoms with Crippen LogP contribution in [-0.2, 0) is 6.54 Å². The molecule has 0 aliphatic carbocycles. The Bertz CT molecular complexity index is 578. The minimum absolute atomic E-state index is 0.0693. The van der Waals surface area contributed by atoms with Crippen LogP contribution in [0.25, 0.3) is 0 Å². The van der Waals surface area contributed by atoms with Crippen molar-refractivity contribution in [2.24, 2.45) is 0 Å². The summed E-state index contributed by atoms with van der Waals surface area (Å²) in [6.45, 7) is 2.60. The zero-order valence-electron chi connectivity index (χ0n) is 10.2. The molecule has 0 radical (unpaired) electrons. The number of aryl methyl sites for hydroxylation is 1. The summed E-state index contributed by atoms with van der Waals surface area (Å²) in [7, 11) is 1.58. The second kappa shape index (κ2) is 5.35. The van der Waals surface area contributed by atoms with Crippen molar-refractivity contribution in [1.82, 2.24) is 9.78 Å². The van der Waals surface area contributed by atoms with E-state index >= 15 is 0 Å². The van der Waals surface area contributed by atoms with E-state index in [0.29, 0.717) is 28.0 Å². The van der Waals surface area contributed by atoms with Gasteiger partial charge in [0.05, 0.1) is 17.8 Å². The van der Waals surface area contributed by atoms with Crippen molar-refractivity contribution in [3.8, 4) is 5.75 Å². The monoisotopic (exact) mass is 308 g/mol. The molecule has 0 fully saturated rings. The molecule has 4 nitrogen and oxygen atoms in total. The fourth-order valence-electron chi connectivity index (χ4n) is 1.73. The van der Waals surface area contributed by atoms with Crippen molar-refractivity contribution >= 4 is 21.7 Å². The van der Waals surface area contributed by atoms with Crippen LogP contribution in [-0.4, -0.2) is 22.7 Å². The number of hydrogen-bond acceptors (Lipinski definition) is 3. The number of methoxy groups -OCH3 is 1. The van der Waals surface area contributed by atoms with Crippen molar-refractivity contribution in [2.75, 3.05) is 7.11 Å². The third-order valence-corrected chi connectivity index (χ3v) is 3.22. The lowest BCUT2D eigenvalue weighted by Gasteiger charge is -2.06. The van der Waals surface area contributed by atoms with Crippen LogP contribution in [0.2, 0.25) is 0 Å². The molecule has 0 aliphatic heterocycles. The molecule has 0 amide bonds. The molecule has 2 rings (SSSR count). The van der Waals surface area contributed by atoms with Gasteiger partial charge < -0.3 is 4.74 Å². The highest BCUT2D eigenvalue weighted by Crippen LogP contribution is 2.22. The molecule has 0 N–H and O–H groups in total. The number of carbonyl (C=O) groups excluding carboxylic acids is 1. The Morgan fingerprint density at radius 1 is 1.50 bits per heavy atom. The van der Waals surface area contributed by atoms with Crippen molar-refractivity contribution in [2.45, 2.75) is 13.5 Å². The van der Waals surface area contributed by atoms with E-state index in [1.807, 2.05) is 13.0 Å². The summed E-state index contributed by atoms with van der Waals surface area (Å²) in [5, 5.41) is 4.14. The molecule has 0 saturated carbocycles. The maximum Gasteiger partial charge on any atom is 0.212 e. The maximum absolute atomic E-state index is 12.4. The third kappa shape index (κ3) is 2.31. The van der Waals surface area contributed by atoms with Gasteiger partial charge in [-0.25, -0.2) is 0 Å². The van der Waals surface area contributed by atoms with E-state index in [1.54, 1.807) is 36.2 Å². The first-order chi connectivity index (χ1) is 8.67. The average molecular weight is 309 g/mol. The summed E-state index contributed by atoms with van der Waals surface area (Å²) in [4.78, 5) is 12.4. The maximum atomic E-state index is 12.4. The minimum atomic E-state index is -0.0693. The molecule has 0 aliphatic rings. The predicted octanol–water partition coefficient (Wildman–Crippen LogP) is 2.91. The highest BCUT2D eigenvalue weighted by molar-refractivity contribution is 9.10. The first kappa shape index (κ1) is 12.8. The Morgan fingerprint density at radius 3 is 2.94 bits per heavy atom. The number of rotatable bonds is 4. The Balaban J connectivity index is 2.44. The molecule has 0 atom stereocenters. The number of hydrogen-bond donors (Lipinski definition) is 0. The molecular weight excluding hydrogens is 296 g/mol. The van der Waals surface area contributed by atoms with E-state index in [1.165, 1.54) is 0 Å². The Hall–Kier alpha value is -1.62. The molecule has 1 aromatic carbocycles. The van der Waals surface area contributed by atoms with Crippen LogP contribution >= 0.6 is 15.9 Å². The van der Waals surface area contributed by atoms with E-state index in [2.05, 4.69) is 21.0 Å². The molecule has 0 bridgehead atoms. The topological polar surface area (TPSA) is 44.1 Å². The van der Waals surface area contributed by atoms with E-state index in [0.717, 1.165) is 0 Å². The summed E-state index contributed by atoms with van der Waals surface area (Å²) in [6, 6.07) is 7.10. The van der Waals surface area contributed by atoms with E-state index in [9.17, 15) is 4.79 Å². The minimum Gasteiger partial charge on any atom is -0.497 e. The predicted molar refractivity (Wildman–Crippen MR) is 72.0 cm³/mol. The summed E-state index contributed by atoms with van der Waals surface area (Å²) in [5.41, 5.74) is 1.15. The fourth-order valence-corrected chi connectivity index (χ4v) is 2.21. The van der Waals surface area contributed by atoms with E-state index < -0.39 is 0 Å². The number of ether oxygens (including phenoxy) is 1. The molecule has 18 heavy (non-hydrogen) atoms. The lowest BCUT2D eigenvalue weighted by molar-refractivity contribution is 0.102. The standard InChI is InChI=1S/C13H13BrN2O2/c1-3-16-12(11(14)8-15-16)13(17)9-5-4-6-10(7-9)18-2/h4-8H,3H2,1-2H3. The van der Waals surface area contributed by atoms with Crippen LogP contribution in [0.3, 0.4) is 0 Å². The fraction of sp³-hybridized carbons (Fsp3) is 0.231. The number of nitrogens with zero attached hydrogens (tertiary/aromatic N) is 2. The Kier molecular flexibility index (Phi) is 3.81. The largest absolute Gasteiger partial charge is 0.497 e. The van der Waals surface area contributed by atoms with Gasteiger partial charge in [-0.15, -0.1) is 0 Å². The van der Waals surface area contributed by atoms with Gasteiger partial charge in [0.25, 0.3) is 0 Å². The summed E-state index contributed by atoms with van der Waals surface area (Å²) < 4.78 is 7.50. The number of ketones is 1. The van der Waals surface area contributed by atoms with Gasteiger partial charge in [-0.05, 0) is 35.0 Å². The van der Waals surface area contributed by atoms with E-state index in [-0.39, 0.29) is 5.78 Å². The SMILES string of the molecule is CCn1ncc(Br)c1C(=O)c1cccc(OC)c1. The molecule has 94 valence electrons. The van der Waals surface area contributed by atoms with Crippen LogP contribution < -0.4 is 4.74 Å². The first-order valence-electron chi connectivity index (χ1n) is 5.57. The second-order valence-corrected chi connectivity index (χ2v) is 4.57. The average Bonchev–Trinajstić information content (AvgIpc) is 2.79. The molecule has 5 heteroatoms. The van der Waals surface area contributed by atoms with Gasteiger partial charge in [-0.3, -0.25) is 9.48 Å². The molecule has 0 saturated heterocycles. The van der Waals surface area contributed by atoms with Crippen LogP contribution in [0.1, 0.15) is 23.0 Å². The van der Waals surface area contributed by atoms with Gasteiger partial charge in [-0.2, -0.15) is 5.10 Å². The normalized spacial score (nSPS) is 10.4. The van der Waals surface area contributed by atoms with Crippen molar-refractivity contribution in [3.63, 3.8) is 0 Å². The number of benzene rings is 1. The molecule has 1 heterocycles. The Labute approximate surface area is 114 Å². The number of halogens is 1. The highest BCUT2D eigenvalue weighted by Gasteiger charge is 2.18. The van der Waals surface area contributed by atoms with Gasteiger partial charge in [-0.1, -0.05) is 12.1 Å². The smallest absolute Gasteiger partial charge is 0.212 e. The summed E-state index contributed by atoms with van der Waals surface area (Å²) in [5.74, 6) is 0.597. The van der Waals surface area contributed by atoms with Gasteiger partial charge in [0.2, 0.25) is 5.78 Å². The highest BCUT2D eigenvalue weighted by atomic mass is 79.9. The zero-order chi connectivity index (χ0) is 13.1. The van der Waals surface area contributed by atoms with Crippen LogP contribution in [0.15, 0.2) is 34.9 Å². The van der Waals surface area contributed by atoms with Crippen LogP contribution in [0.4, 0.5) is 0 Å². The summed E-state index contributed by atoms with van der Waals surface area (Å²) >= 11 is 3.36. The molecular formula is C13H13BrN2O2. The Morgan fingerprint density at radius 2 is 2.28 bits per heavy atom. The van der Waals surface area contributed by atoms with Crippen molar-refractivity contribution < 1.29 is 9.53 Å². The molecule has 2 aromatic rings. The number of carbonyl (C=O) groups is 1. The lowest BCUT2D eigenvalue weighted by Crippen LogP contribution is -2.11. The van der Waals surface area contributed by atoms with E-state index in [4.69, 9.17) is 4.74 Å². The molecule has 0 spiro atoms. The second-order valence-electron chi connectivity index (χ2n) is 3.72. The molecule has 1 aromatic heterocycles. The van der Waals surface area contributed by atoms with Crippen molar-refractivity contribution in [3.05, 3.63) is 46.2 Å². The van der Waals surface area contributed by atoms with Gasteiger partial charge in [0, 0.05) is 12.1 Å². The third-order valence-electron chi connectivity index (χ3n) is 2.64. The zero-order valence-corrected chi connectivity index (χ0v) is 11.8. The van der Waals surface area contributed by atoms with Crippen LogP contribution in [0, 0.1) is 0 Å². The first-order valence-corrected chi connectivity index (χ1v) is 6.36. The lowest BCUT2D eigenvalue weighted by atomic mass is 10.1. The molecule has 0 unspecified atom stereocenters.